The van der Waals surface area contributed by atoms with Gasteiger partial charge >= 0.3 is 0 Å². The van der Waals surface area contributed by atoms with E-state index in [2.05, 4.69) is 27.8 Å². The Hall–Kier alpha value is -2.11. The normalized spacial score (nSPS) is 25.6. The Morgan fingerprint density at radius 1 is 1.04 bits per heavy atom. The summed E-state index contributed by atoms with van der Waals surface area (Å²) in [6, 6.07) is 0.235. The molecular formula is C20H30N4O2. The predicted molar refractivity (Wildman–Crippen MR) is 100 cm³/mol. The molecule has 2 amide bonds. The molecule has 2 N–H and O–H groups in total. The summed E-state index contributed by atoms with van der Waals surface area (Å²) in [6.07, 6.45) is 17.0. The van der Waals surface area contributed by atoms with E-state index in [4.69, 9.17) is 0 Å². The smallest absolute Gasteiger partial charge is 0.223 e. The lowest BCUT2D eigenvalue weighted by Crippen LogP contribution is -2.43. The molecule has 1 heterocycles. The summed E-state index contributed by atoms with van der Waals surface area (Å²) in [7, 11) is 0. The van der Waals surface area contributed by atoms with Crippen LogP contribution in [0.4, 0.5) is 0 Å². The highest BCUT2D eigenvalue weighted by atomic mass is 16.2. The number of rotatable bonds is 7. The Morgan fingerprint density at radius 3 is 2.58 bits per heavy atom. The maximum absolute atomic E-state index is 12.3. The summed E-state index contributed by atoms with van der Waals surface area (Å²) < 4.78 is 2.02. The van der Waals surface area contributed by atoms with Crippen molar-refractivity contribution in [3.05, 3.63) is 30.9 Å². The van der Waals surface area contributed by atoms with Gasteiger partial charge in [-0.15, -0.1) is 0 Å². The summed E-state index contributed by atoms with van der Waals surface area (Å²) in [5.74, 6) is 0.588. The van der Waals surface area contributed by atoms with Crippen LogP contribution in [0.2, 0.25) is 0 Å². The van der Waals surface area contributed by atoms with Gasteiger partial charge in [-0.25, -0.2) is 4.98 Å². The minimum atomic E-state index is 0.0917. The molecule has 1 unspecified atom stereocenters. The Morgan fingerprint density at radius 2 is 1.88 bits per heavy atom. The number of amides is 2. The average molecular weight is 358 g/mol. The Labute approximate surface area is 155 Å². The van der Waals surface area contributed by atoms with Gasteiger partial charge in [-0.05, 0) is 51.4 Å². The van der Waals surface area contributed by atoms with Crippen molar-refractivity contribution in [1.82, 2.24) is 20.2 Å². The molecule has 0 aliphatic heterocycles. The number of hydrogen-bond acceptors (Lipinski definition) is 3. The largest absolute Gasteiger partial charge is 0.356 e. The second kappa shape index (κ2) is 9.55. The molecule has 6 heteroatoms. The van der Waals surface area contributed by atoms with Crippen molar-refractivity contribution in [2.45, 2.75) is 64.0 Å². The zero-order valence-electron chi connectivity index (χ0n) is 15.4. The van der Waals surface area contributed by atoms with Gasteiger partial charge in [0, 0.05) is 43.4 Å². The highest BCUT2D eigenvalue weighted by molar-refractivity contribution is 5.80. The third-order valence-electron chi connectivity index (χ3n) is 5.54. The average Bonchev–Trinajstić information content (AvgIpc) is 3.20. The van der Waals surface area contributed by atoms with Gasteiger partial charge in [0.25, 0.3) is 0 Å². The number of hydrogen-bond donors (Lipinski definition) is 2. The summed E-state index contributed by atoms with van der Waals surface area (Å²) in [6.45, 7) is 1.57. The molecule has 0 saturated heterocycles. The number of aryl methyl sites for hydroxylation is 1. The van der Waals surface area contributed by atoms with Gasteiger partial charge in [-0.2, -0.15) is 0 Å². The molecule has 1 fully saturated rings. The van der Waals surface area contributed by atoms with E-state index in [0.717, 1.165) is 57.9 Å². The minimum Gasteiger partial charge on any atom is -0.356 e. The molecule has 1 aromatic rings. The van der Waals surface area contributed by atoms with Crippen molar-refractivity contribution < 1.29 is 9.59 Å². The molecule has 26 heavy (non-hydrogen) atoms. The van der Waals surface area contributed by atoms with Crippen LogP contribution >= 0.6 is 0 Å². The fraction of sp³-hybridized carbons (Fsp3) is 0.650. The highest BCUT2D eigenvalue weighted by Crippen LogP contribution is 2.25. The third-order valence-corrected chi connectivity index (χ3v) is 5.54. The molecule has 1 atom stereocenters. The monoisotopic (exact) mass is 358 g/mol. The van der Waals surface area contributed by atoms with E-state index in [0.29, 0.717) is 6.54 Å². The first-order valence-electron chi connectivity index (χ1n) is 9.91. The molecule has 2 aliphatic rings. The van der Waals surface area contributed by atoms with Crippen LogP contribution in [0.25, 0.3) is 0 Å². The second-order valence-corrected chi connectivity index (χ2v) is 7.48. The van der Waals surface area contributed by atoms with E-state index in [-0.39, 0.29) is 29.7 Å². The van der Waals surface area contributed by atoms with Crippen LogP contribution in [-0.4, -0.2) is 34.0 Å². The Bertz CT molecular complexity index is 603. The molecule has 0 bridgehead atoms. The van der Waals surface area contributed by atoms with Crippen LogP contribution in [0.15, 0.2) is 30.9 Å². The molecule has 3 rings (SSSR count). The molecule has 1 saturated carbocycles. The topological polar surface area (TPSA) is 76.0 Å². The van der Waals surface area contributed by atoms with Crippen LogP contribution in [0.1, 0.15) is 51.4 Å². The molecule has 2 aliphatic carbocycles. The number of allylic oxidation sites excluding steroid dienone is 2. The van der Waals surface area contributed by atoms with Gasteiger partial charge in [0.1, 0.15) is 0 Å². The number of carbonyl (C=O) groups is 2. The van der Waals surface area contributed by atoms with E-state index in [1.54, 1.807) is 12.5 Å². The van der Waals surface area contributed by atoms with E-state index >= 15 is 0 Å². The van der Waals surface area contributed by atoms with Gasteiger partial charge in [0.2, 0.25) is 11.8 Å². The van der Waals surface area contributed by atoms with Crippen molar-refractivity contribution in [2.75, 3.05) is 6.54 Å². The fourth-order valence-electron chi connectivity index (χ4n) is 3.89. The third kappa shape index (κ3) is 5.44. The van der Waals surface area contributed by atoms with Crippen molar-refractivity contribution in [2.24, 2.45) is 11.8 Å². The van der Waals surface area contributed by atoms with Gasteiger partial charge < -0.3 is 15.2 Å². The first kappa shape index (κ1) is 18.7. The van der Waals surface area contributed by atoms with Crippen molar-refractivity contribution in [3.8, 4) is 0 Å². The van der Waals surface area contributed by atoms with Crippen molar-refractivity contribution >= 4 is 11.8 Å². The van der Waals surface area contributed by atoms with Crippen LogP contribution in [0.5, 0.6) is 0 Å². The van der Waals surface area contributed by atoms with Gasteiger partial charge in [-0.1, -0.05) is 12.2 Å². The second-order valence-electron chi connectivity index (χ2n) is 7.48. The number of nitrogens with zero attached hydrogens (tertiary/aromatic N) is 2. The SMILES string of the molecule is O=C(NCCCn1ccnc1)C1CCC(NC(=O)C2CC=CCC2)CC1. The van der Waals surface area contributed by atoms with Crippen molar-refractivity contribution in [3.63, 3.8) is 0 Å². The van der Waals surface area contributed by atoms with Gasteiger partial charge in [0.05, 0.1) is 6.33 Å². The summed E-state index contributed by atoms with van der Waals surface area (Å²) in [5.41, 5.74) is 0. The summed E-state index contributed by atoms with van der Waals surface area (Å²) in [4.78, 5) is 28.6. The Balaban J connectivity index is 1.30. The lowest BCUT2D eigenvalue weighted by molar-refractivity contribution is -0.127. The molecule has 0 spiro atoms. The van der Waals surface area contributed by atoms with E-state index in [9.17, 15) is 9.59 Å². The zero-order chi connectivity index (χ0) is 18.2. The molecule has 6 nitrogen and oxygen atoms in total. The fourth-order valence-corrected chi connectivity index (χ4v) is 3.89. The number of aromatic nitrogens is 2. The van der Waals surface area contributed by atoms with Crippen LogP contribution in [0.3, 0.4) is 0 Å². The molecular weight excluding hydrogens is 328 g/mol. The molecule has 142 valence electrons. The number of imidazole rings is 1. The molecule has 1 aromatic heterocycles. The standard InChI is InChI=1S/C20H30N4O2/c25-19(22-11-4-13-24-14-12-21-15-24)17-7-9-18(10-8-17)23-20(26)16-5-2-1-3-6-16/h1-2,12,14-18H,3-11,13H2,(H,22,25)(H,23,26). The highest BCUT2D eigenvalue weighted by Gasteiger charge is 2.28. The molecule has 0 radical (unpaired) electrons. The zero-order valence-corrected chi connectivity index (χ0v) is 15.4. The lowest BCUT2D eigenvalue weighted by Gasteiger charge is -2.30. The summed E-state index contributed by atoms with van der Waals surface area (Å²) >= 11 is 0. The van der Waals surface area contributed by atoms with Crippen LogP contribution < -0.4 is 10.6 Å². The first-order valence-corrected chi connectivity index (χ1v) is 9.91. The van der Waals surface area contributed by atoms with Gasteiger partial charge in [0.15, 0.2) is 0 Å². The van der Waals surface area contributed by atoms with Crippen molar-refractivity contribution in [1.29, 1.82) is 0 Å². The Kier molecular flexibility index (Phi) is 6.86. The van der Waals surface area contributed by atoms with E-state index in [1.165, 1.54) is 0 Å². The first-order chi connectivity index (χ1) is 12.7. The van der Waals surface area contributed by atoms with Gasteiger partial charge in [-0.3, -0.25) is 9.59 Å². The van der Waals surface area contributed by atoms with Crippen LogP contribution in [-0.2, 0) is 16.1 Å². The van der Waals surface area contributed by atoms with E-state index in [1.807, 2.05) is 10.8 Å². The maximum atomic E-state index is 12.3. The lowest BCUT2D eigenvalue weighted by atomic mass is 9.84. The van der Waals surface area contributed by atoms with E-state index < -0.39 is 0 Å². The van der Waals surface area contributed by atoms with Crippen LogP contribution in [0, 0.1) is 11.8 Å². The molecule has 0 aromatic carbocycles. The number of carbonyl (C=O) groups excluding carboxylic acids is 2. The predicted octanol–water partition coefficient (Wildman–Crippen LogP) is 2.42. The maximum Gasteiger partial charge on any atom is 0.223 e. The quantitative estimate of drug-likeness (QED) is 0.580. The number of nitrogens with one attached hydrogen (secondary N) is 2. The minimum absolute atomic E-state index is 0.0917. The summed E-state index contributed by atoms with van der Waals surface area (Å²) in [5, 5.41) is 6.26.